The van der Waals surface area contributed by atoms with Crippen LogP contribution in [0.2, 0.25) is 0 Å². The molecule has 0 heterocycles. The Balaban J connectivity index is 2.21. The highest BCUT2D eigenvalue weighted by Crippen LogP contribution is 2.41. The van der Waals surface area contributed by atoms with E-state index >= 15 is 0 Å². The zero-order valence-electron chi connectivity index (χ0n) is 7.37. The van der Waals surface area contributed by atoms with E-state index in [9.17, 15) is 4.79 Å². The zero-order chi connectivity index (χ0) is 10.1. The second kappa shape index (κ2) is 3.95. The lowest BCUT2D eigenvalue weighted by Gasteiger charge is -2.03. The Morgan fingerprint density at radius 3 is 2.71 bits per heavy atom. The predicted octanol–water partition coefficient (Wildman–Crippen LogP) is 3.40. The molecule has 0 amide bonds. The van der Waals surface area contributed by atoms with Gasteiger partial charge in [0.1, 0.15) is 0 Å². The summed E-state index contributed by atoms with van der Waals surface area (Å²) in [6.45, 7) is 0. The molecule has 1 aromatic carbocycles. The van der Waals surface area contributed by atoms with Gasteiger partial charge in [-0.1, -0.05) is 0 Å². The van der Waals surface area contributed by atoms with Gasteiger partial charge in [-0.25, -0.2) is 4.79 Å². The van der Waals surface area contributed by atoms with Crippen molar-refractivity contribution >= 4 is 33.7 Å². The highest BCUT2D eigenvalue weighted by atomic mass is 79.9. The van der Waals surface area contributed by atoms with E-state index in [2.05, 4.69) is 15.9 Å². The number of aromatic carboxylic acids is 1. The van der Waals surface area contributed by atoms with Gasteiger partial charge in [0.15, 0.2) is 0 Å². The first-order valence-electron chi connectivity index (χ1n) is 4.36. The van der Waals surface area contributed by atoms with Gasteiger partial charge in [-0.15, -0.1) is 11.8 Å². The fraction of sp³-hybridized carbons (Fsp3) is 0.300. The van der Waals surface area contributed by atoms with Crippen molar-refractivity contribution in [1.82, 2.24) is 0 Å². The van der Waals surface area contributed by atoms with Gasteiger partial charge in [0, 0.05) is 14.6 Å². The van der Waals surface area contributed by atoms with Gasteiger partial charge in [0.05, 0.1) is 5.56 Å². The fourth-order valence-corrected chi connectivity index (χ4v) is 2.80. The molecule has 1 N–H and O–H groups in total. The Morgan fingerprint density at radius 2 is 2.21 bits per heavy atom. The maximum absolute atomic E-state index is 10.7. The van der Waals surface area contributed by atoms with Crippen LogP contribution in [-0.2, 0) is 0 Å². The van der Waals surface area contributed by atoms with Crippen molar-refractivity contribution in [3.05, 3.63) is 28.2 Å². The first-order valence-corrected chi connectivity index (χ1v) is 6.03. The average molecular weight is 273 g/mol. The summed E-state index contributed by atoms with van der Waals surface area (Å²) in [6, 6.07) is 5.18. The van der Waals surface area contributed by atoms with Crippen molar-refractivity contribution in [2.75, 3.05) is 0 Å². The number of carboxylic acids is 1. The molecule has 0 unspecified atom stereocenters. The molecule has 4 heteroatoms. The molecular weight excluding hydrogens is 264 g/mol. The van der Waals surface area contributed by atoms with Gasteiger partial charge in [-0.3, -0.25) is 0 Å². The number of hydrogen-bond donors (Lipinski definition) is 1. The van der Waals surface area contributed by atoms with Crippen LogP contribution in [0, 0.1) is 0 Å². The molecule has 1 aromatic rings. The summed E-state index contributed by atoms with van der Waals surface area (Å²) in [6.07, 6.45) is 2.55. The minimum absolute atomic E-state index is 0.331. The number of hydrogen-bond acceptors (Lipinski definition) is 2. The summed E-state index contributed by atoms with van der Waals surface area (Å²) in [5, 5.41) is 9.50. The lowest BCUT2D eigenvalue weighted by Crippen LogP contribution is -1.95. The van der Waals surface area contributed by atoms with Gasteiger partial charge < -0.3 is 5.11 Å². The maximum atomic E-state index is 10.7. The van der Waals surface area contributed by atoms with Crippen molar-refractivity contribution in [3.8, 4) is 0 Å². The highest BCUT2D eigenvalue weighted by molar-refractivity contribution is 9.10. The molecule has 1 fully saturated rings. The van der Waals surface area contributed by atoms with Gasteiger partial charge in [-0.2, -0.15) is 0 Å². The number of carbonyl (C=O) groups is 1. The Hall–Kier alpha value is -0.480. The van der Waals surface area contributed by atoms with E-state index in [1.54, 1.807) is 12.1 Å². The monoisotopic (exact) mass is 272 g/mol. The second-order valence-corrected chi connectivity index (χ2v) is 5.46. The molecule has 14 heavy (non-hydrogen) atoms. The average Bonchev–Trinajstić information content (AvgIpc) is 2.92. The zero-order valence-corrected chi connectivity index (χ0v) is 9.77. The highest BCUT2D eigenvalue weighted by Gasteiger charge is 2.23. The molecular formula is C10H9BrO2S. The Kier molecular flexibility index (Phi) is 2.83. The van der Waals surface area contributed by atoms with Gasteiger partial charge in [0.25, 0.3) is 0 Å². The normalized spacial score (nSPS) is 15.5. The number of benzene rings is 1. The molecule has 0 saturated heterocycles. The van der Waals surface area contributed by atoms with E-state index in [-0.39, 0.29) is 0 Å². The smallest absolute Gasteiger partial charge is 0.335 e. The van der Waals surface area contributed by atoms with E-state index in [0.717, 1.165) is 14.6 Å². The van der Waals surface area contributed by atoms with E-state index in [0.29, 0.717) is 5.56 Å². The van der Waals surface area contributed by atoms with Gasteiger partial charge >= 0.3 is 5.97 Å². The number of halogens is 1. The van der Waals surface area contributed by atoms with Crippen LogP contribution in [0.3, 0.4) is 0 Å². The summed E-state index contributed by atoms with van der Waals surface area (Å²) in [4.78, 5) is 11.8. The van der Waals surface area contributed by atoms with Crippen LogP contribution in [0.25, 0.3) is 0 Å². The minimum Gasteiger partial charge on any atom is -0.478 e. The molecule has 0 atom stereocenters. The summed E-state index contributed by atoms with van der Waals surface area (Å²) in [5.74, 6) is -0.881. The largest absolute Gasteiger partial charge is 0.478 e. The van der Waals surface area contributed by atoms with Crippen LogP contribution in [0.15, 0.2) is 27.6 Å². The molecule has 0 aromatic heterocycles. The van der Waals surface area contributed by atoms with Crippen LogP contribution in [0.5, 0.6) is 0 Å². The van der Waals surface area contributed by atoms with Gasteiger partial charge in [0.2, 0.25) is 0 Å². The first kappa shape index (κ1) is 10.1. The quantitative estimate of drug-likeness (QED) is 0.917. The van der Waals surface area contributed by atoms with Crippen molar-refractivity contribution in [2.45, 2.75) is 23.0 Å². The molecule has 2 nitrogen and oxygen atoms in total. The van der Waals surface area contributed by atoms with Crippen molar-refractivity contribution in [1.29, 1.82) is 0 Å². The number of rotatable bonds is 3. The minimum atomic E-state index is -0.881. The van der Waals surface area contributed by atoms with E-state index in [4.69, 9.17) is 5.11 Å². The Labute approximate surface area is 94.8 Å². The van der Waals surface area contributed by atoms with Crippen LogP contribution >= 0.6 is 27.7 Å². The van der Waals surface area contributed by atoms with Crippen molar-refractivity contribution in [3.63, 3.8) is 0 Å². The first-order chi connectivity index (χ1) is 6.66. The van der Waals surface area contributed by atoms with Crippen LogP contribution in [-0.4, -0.2) is 16.3 Å². The SMILES string of the molecule is O=C(O)c1ccc(SC2CC2)c(Br)c1. The molecule has 0 radical (unpaired) electrons. The maximum Gasteiger partial charge on any atom is 0.335 e. The van der Waals surface area contributed by atoms with E-state index in [1.165, 1.54) is 12.8 Å². The summed E-state index contributed by atoms with van der Waals surface area (Å²) < 4.78 is 0.884. The standard InChI is InChI=1S/C10H9BrO2S/c11-8-5-6(10(12)13)1-4-9(8)14-7-2-3-7/h1,4-5,7H,2-3H2,(H,12,13). The van der Waals surface area contributed by atoms with Crippen molar-refractivity contribution in [2.24, 2.45) is 0 Å². The second-order valence-electron chi connectivity index (χ2n) is 3.27. The number of thioether (sulfide) groups is 1. The number of carboxylic acid groups (broad SMARTS) is 1. The van der Waals surface area contributed by atoms with Crippen LogP contribution in [0.1, 0.15) is 23.2 Å². The lowest BCUT2D eigenvalue weighted by molar-refractivity contribution is 0.0696. The van der Waals surface area contributed by atoms with Crippen LogP contribution in [0.4, 0.5) is 0 Å². The third kappa shape index (κ3) is 2.30. The molecule has 0 spiro atoms. The van der Waals surface area contributed by atoms with E-state index in [1.807, 2.05) is 17.8 Å². The topological polar surface area (TPSA) is 37.3 Å². The molecule has 2 rings (SSSR count). The molecule has 1 aliphatic carbocycles. The Bertz CT molecular complexity index is 374. The summed E-state index contributed by atoms with van der Waals surface area (Å²) in [7, 11) is 0. The lowest BCUT2D eigenvalue weighted by atomic mass is 10.2. The van der Waals surface area contributed by atoms with Gasteiger partial charge in [-0.05, 0) is 47.0 Å². The Morgan fingerprint density at radius 1 is 1.50 bits per heavy atom. The third-order valence-corrected chi connectivity index (χ3v) is 4.33. The summed E-state index contributed by atoms with van der Waals surface area (Å²) >= 11 is 5.20. The fourth-order valence-electron chi connectivity index (χ4n) is 1.09. The van der Waals surface area contributed by atoms with E-state index < -0.39 is 5.97 Å². The molecule has 0 aliphatic heterocycles. The third-order valence-electron chi connectivity index (χ3n) is 2.00. The molecule has 74 valence electrons. The molecule has 1 saturated carbocycles. The van der Waals surface area contributed by atoms with Crippen LogP contribution < -0.4 is 0 Å². The predicted molar refractivity (Wildman–Crippen MR) is 60.0 cm³/mol. The van der Waals surface area contributed by atoms with Crippen molar-refractivity contribution < 1.29 is 9.90 Å². The summed E-state index contributed by atoms with van der Waals surface area (Å²) in [5.41, 5.74) is 0.331. The molecule has 0 bridgehead atoms. The molecule has 1 aliphatic rings.